The van der Waals surface area contributed by atoms with Crippen LogP contribution in [0.3, 0.4) is 0 Å². The van der Waals surface area contributed by atoms with Gasteiger partial charge in [0, 0.05) is 18.1 Å². The van der Waals surface area contributed by atoms with E-state index in [1.165, 1.54) is 0 Å². The van der Waals surface area contributed by atoms with Gasteiger partial charge in [0.05, 0.1) is 6.54 Å². The number of urea groups is 1. The zero-order chi connectivity index (χ0) is 15.2. The number of H-pyrrole nitrogens is 1. The van der Waals surface area contributed by atoms with E-state index in [-0.39, 0.29) is 6.03 Å². The van der Waals surface area contributed by atoms with Gasteiger partial charge in [0.15, 0.2) is 0 Å². The molecule has 3 N–H and O–H groups in total. The number of hydrogen-bond acceptors (Lipinski definition) is 2. The van der Waals surface area contributed by atoms with Crippen LogP contribution in [0.15, 0.2) is 67.0 Å². The lowest BCUT2D eigenvalue weighted by Crippen LogP contribution is -2.28. The van der Waals surface area contributed by atoms with Gasteiger partial charge >= 0.3 is 6.03 Å². The standard InChI is InChI=1S/C17H16N4O/c22-17(20-12-16-18-10-11-19-16)21-15-8-6-14(7-9-15)13-4-2-1-3-5-13/h1-11H,12H2,(H,18,19)(H2,20,21,22). The lowest BCUT2D eigenvalue weighted by molar-refractivity contribution is 0.251. The van der Waals surface area contributed by atoms with E-state index < -0.39 is 0 Å². The summed E-state index contributed by atoms with van der Waals surface area (Å²) in [6.45, 7) is 0.362. The van der Waals surface area contributed by atoms with Crippen LogP contribution in [0.25, 0.3) is 11.1 Å². The minimum atomic E-state index is -0.260. The smallest absolute Gasteiger partial charge is 0.319 e. The van der Waals surface area contributed by atoms with E-state index in [2.05, 4.69) is 32.7 Å². The quantitative estimate of drug-likeness (QED) is 0.689. The average Bonchev–Trinajstić information content (AvgIpc) is 3.08. The maximum Gasteiger partial charge on any atom is 0.319 e. The van der Waals surface area contributed by atoms with E-state index >= 15 is 0 Å². The predicted molar refractivity (Wildman–Crippen MR) is 86.3 cm³/mol. The Balaban J connectivity index is 1.58. The molecule has 2 aromatic carbocycles. The summed E-state index contributed by atoms with van der Waals surface area (Å²) in [5, 5.41) is 5.53. The molecule has 0 unspecified atom stereocenters. The predicted octanol–water partition coefficient (Wildman–Crippen LogP) is 3.40. The lowest BCUT2D eigenvalue weighted by Gasteiger charge is -2.07. The van der Waals surface area contributed by atoms with Gasteiger partial charge in [-0.25, -0.2) is 9.78 Å². The maximum atomic E-state index is 11.8. The van der Waals surface area contributed by atoms with Gasteiger partial charge in [0.25, 0.3) is 0 Å². The van der Waals surface area contributed by atoms with Gasteiger partial charge in [-0.05, 0) is 23.3 Å². The van der Waals surface area contributed by atoms with Crippen molar-refractivity contribution in [3.63, 3.8) is 0 Å². The van der Waals surface area contributed by atoms with Crippen LogP contribution >= 0.6 is 0 Å². The third-order valence-corrected chi connectivity index (χ3v) is 3.22. The van der Waals surface area contributed by atoms with Crippen molar-refractivity contribution >= 4 is 11.7 Å². The summed E-state index contributed by atoms with van der Waals surface area (Å²) in [5.74, 6) is 0.717. The van der Waals surface area contributed by atoms with E-state index in [4.69, 9.17) is 0 Å². The van der Waals surface area contributed by atoms with Crippen molar-refractivity contribution < 1.29 is 4.79 Å². The molecule has 0 aliphatic carbocycles. The highest BCUT2D eigenvalue weighted by Crippen LogP contribution is 2.20. The number of benzene rings is 2. The summed E-state index contributed by atoms with van der Waals surface area (Å²) in [6.07, 6.45) is 3.37. The van der Waals surface area contributed by atoms with Crippen molar-refractivity contribution in [1.29, 1.82) is 0 Å². The molecule has 0 saturated carbocycles. The largest absolute Gasteiger partial charge is 0.347 e. The summed E-state index contributed by atoms with van der Waals surface area (Å²) in [7, 11) is 0. The van der Waals surface area contributed by atoms with E-state index in [1.54, 1.807) is 12.4 Å². The third kappa shape index (κ3) is 3.52. The second-order valence-corrected chi connectivity index (χ2v) is 4.79. The number of rotatable bonds is 4. The van der Waals surface area contributed by atoms with Crippen LogP contribution in [0.1, 0.15) is 5.82 Å². The monoisotopic (exact) mass is 292 g/mol. The zero-order valence-corrected chi connectivity index (χ0v) is 11.9. The molecule has 0 atom stereocenters. The van der Waals surface area contributed by atoms with E-state index in [0.717, 1.165) is 22.6 Å². The van der Waals surface area contributed by atoms with Gasteiger partial charge in [0.1, 0.15) is 5.82 Å². The topological polar surface area (TPSA) is 69.8 Å². The molecule has 22 heavy (non-hydrogen) atoms. The fourth-order valence-electron chi connectivity index (χ4n) is 2.11. The number of carbonyl (C=O) groups is 1. The third-order valence-electron chi connectivity index (χ3n) is 3.22. The molecule has 5 nitrogen and oxygen atoms in total. The molecular formula is C17H16N4O. The van der Waals surface area contributed by atoms with Crippen LogP contribution in [-0.2, 0) is 6.54 Å². The molecule has 0 bridgehead atoms. The Bertz CT molecular complexity index is 721. The Morgan fingerprint density at radius 1 is 1.00 bits per heavy atom. The minimum absolute atomic E-state index is 0.260. The summed E-state index contributed by atoms with van der Waals surface area (Å²) in [6, 6.07) is 17.6. The van der Waals surface area contributed by atoms with Gasteiger partial charge in [-0.1, -0.05) is 42.5 Å². The number of anilines is 1. The molecule has 0 fully saturated rings. The SMILES string of the molecule is O=C(NCc1ncc[nH]1)Nc1ccc(-c2ccccc2)cc1. The van der Waals surface area contributed by atoms with Gasteiger partial charge in [-0.2, -0.15) is 0 Å². The molecule has 1 aromatic heterocycles. The van der Waals surface area contributed by atoms with Gasteiger partial charge in [-0.15, -0.1) is 0 Å². The molecular weight excluding hydrogens is 276 g/mol. The maximum absolute atomic E-state index is 11.8. The number of nitrogens with zero attached hydrogens (tertiary/aromatic N) is 1. The number of amides is 2. The first kappa shape index (κ1) is 13.9. The van der Waals surface area contributed by atoms with Gasteiger partial charge < -0.3 is 15.6 Å². The van der Waals surface area contributed by atoms with E-state index in [0.29, 0.717) is 6.54 Å². The van der Waals surface area contributed by atoms with E-state index in [9.17, 15) is 4.79 Å². The highest BCUT2D eigenvalue weighted by molar-refractivity contribution is 5.89. The normalized spacial score (nSPS) is 10.2. The van der Waals surface area contributed by atoms with Crippen molar-refractivity contribution in [2.24, 2.45) is 0 Å². The van der Waals surface area contributed by atoms with Crippen molar-refractivity contribution in [2.75, 3.05) is 5.32 Å². The van der Waals surface area contributed by atoms with Crippen molar-refractivity contribution in [2.45, 2.75) is 6.54 Å². The van der Waals surface area contributed by atoms with Gasteiger partial charge in [0.2, 0.25) is 0 Å². The Morgan fingerprint density at radius 2 is 1.73 bits per heavy atom. The Kier molecular flexibility index (Phi) is 4.15. The number of carbonyl (C=O) groups excluding carboxylic acids is 1. The van der Waals surface area contributed by atoms with Crippen LogP contribution < -0.4 is 10.6 Å². The second kappa shape index (κ2) is 6.58. The number of aromatic nitrogens is 2. The number of nitrogens with one attached hydrogen (secondary N) is 3. The first-order valence-corrected chi connectivity index (χ1v) is 7.00. The molecule has 0 saturated heterocycles. The molecule has 110 valence electrons. The Labute approximate surface area is 128 Å². The van der Waals surface area contributed by atoms with Gasteiger partial charge in [-0.3, -0.25) is 0 Å². The highest BCUT2D eigenvalue weighted by atomic mass is 16.2. The molecule has 0 spiro atoms. The fourth-order valence-corrected chi connectivity index (χ4v) is 2.11. The number of hydrogen-bond donors (Lipinski definition) is 3. The number of aromatic amines is 1. The van der Waals surface area contributed by atoms with Crippen molar-refractivity contribution in [3.8, 4) is 11.1 Å². The van der Waals surface area contributed by atoms with Crippen LogP contribution in [0.5, 0.6) is 0 Å². The molecule has 0 radical (unpaired) electrons. The van der Waals surface area contributed by atoms with Crippen molar-refractivity contribution in [1.82, 2.24) is 15.3 Å². The van der Waals surface area contributed by atoms with Crippen LogP contribution in [-0.4, -0.2) is 16.0 Å². The lowest BCUT2D eigenvalue weighted by atomic mass is 10.1. The van der Waals surface area contributed by atoms with Crippen LogP contribution in [0.4, 0.5) is 10.5 Å². The summed E-state index contributed by atoms with van der Waals surface area (Å²) in [4.78, 5) is 18.8. The number of imidazole rings is 1. The molecule has 3 rings (SSSR count). The Hall–Kier alpha value is -3.08. The summed E-state index contributed by atoms with van der Waals surface area (Å²) < 4.78 is 0. The first-order valence-electron chi connectivity index (χ1n) is 7.00. The average molecular weight is 292 g/mol. The highest BCUT2D eigenvalue weighted by Gasteiger charge is 2.03. The molecule has 0 aliphatic rings. The molecule has 5 heteroatoms. The molecule has 0 aliphatic heterocycles. The molecule has 1 heterocycles. The first-order chi connectivity index (χ1) is 10.8. The summed E-state index contributed by atoms with van der Waals surface area (Å²) in [5.41, 5.74) is 3.01. The van der Waals surface area contributed by atoms with Crippen LogP contribution in [0, 0.1) is 0 Å². The fraction of sp³-hybridized carbons (Fsp3) is 0.0588. The Morgan fingerprint density at radius 3 is 2.41 bits per heavy atom. The van der Waals surface area contributed by atoms with Crippen LogP contribution in [0.2, 0.25) is 0 Å². The molecule has 2 amide bonds. The second-order valence-electron chi connectivity index (χ2n) is 4.79. The summed E-state index contributed by atoms with van der Waals surface area (Å²) >= 11 is 0. The van der Waals surface area contributed by atoms with Crippen molar-refractivity contribution in [3.05, 3.63) is 72.8 Å². The molecule has 3 aromatic rings. The zero-order valence-electron chi connectivity index (χ0n) is 11.9. The minimum Gasteiger partial charge on any atom is -0.347 e. The van der Waals surface area contributed by atoms with E-state index in [1.807, 2.05) is 42.5 Å².